The Hall–Kier alpha value is -1.43. The summed E-state index contributed by atoms with van der Waals surface area (Å²) in [7, 11) is 1.73. The summed E-state index contributed by atoms with van der Waals surface area (Å²) >= 11 is 5.41. The number of hydrogen-bond donors (Lipinski definition) is 2. The van der Waals surface area contributed by atoms with Crippen molar-refractivity contribution in [3.05, 3.63) is 46.4 Å². The van der Waals surface area contributed by atoms with Crippen LogP contribution < -0.4 is 10.5 Å². The number of methoxy groups -OCH3 is 1. The summed E-state index contributed by atoms with van der Waals surface area (Å²) in [6.07, 6.45) is 5.20. The summed E-state index contributed by atoms with van der Waals surface area (Å²) in [4.78, 5) is 4.86. The number of aryl methyl sites for hydroxylation is 1. The fourth-order valence-corrected chi connectivity index (χ4v) is 4.09. The highest BCUT2D eigenvalue weighted by molar-refractivity contribution is 9.10. The van der Waals surface area contributed by atoms with Gasteiger partial charge < -0.3 is 15.5 Å². The van der Waals surface area contributed by atoms with Crippen molar-refractivity contribution in [2.24, 2.45) is 5.73 Å². The molecule has 0 spiro atoms. The van der Waals surface area contributed by atoms with Gasteiger partial charge in [0.1, 0.15) is 5.75 Å². The maximum absolute atomic E-state index is 5.70. The molecule has 3 rings (SSSR count). The van der Waals surface area contributed by atoms with E-state index in [4.69, 9.17) is 10.5 Å². The highest BCUT2D eigenvalue weighted by atomic mass is 79.9. The Labute approximate surface area is 161 Å². The van der Waals surface area contributed by atoms with Crippen LogP contribution in [0.2, 0.25) is 0 Å². The van der Waals surface area contributed by atoms with Gasteiger partial charge in [0, 0.05) is 20.3 Å². The second-order valence-corrected chi connectivity index (χ2v) is 7.69. The van der Waals surface area contributed by atoms with Gasteiger partial charge in [-0.25, -0.2) is 0 Å². The molecule has 0 saturated carbocycles. The van der Waals surface area contributed by atoms with Gasteiger partial charge in [0.15, 0.2) is 0 Å². The fraction of sp³-hybridized carbons (Fsp3) is 0.300. The third kappa shape index (κ3) is 3.73. The fourth-order valence-electron chi connectivity index (χ4n) is 3.18. The molecular weight excluding hydrogens is 396 g/mol. The van der Waals surface area contributed by atoms with E-state index in [0.717, 1.165) is 52.8 Å². The van der Waals surface area contributed by atoms with Crippen molar-refractivity contribution in [3.63, 3.8) is 0 Å². The minimum absolute atomic E-state index is 0.729. The summed E-state index contributed by atoms with van der Waals surface area (Å²) in [5, 5.41) is 1.26. The van der Waals surface area contributed by atoms with Gasteiger partial charge in [-0.1, -0.05) is 12.1 Å². The summed E-state index contributed by atoms with van der Waals surface area (Å²) in [5.41, 5.74) is 10.4. The summed E-state index contributed by atoms with van der Waals surface area (Å²) < 4.78 is 6.73. The lowest BCUT2D eigenvalue weighted by Gasteiger charge is -2.11. The number of aromatic amines is 1. The molecule has 0 radical (unpaired) electrons. The Balaban J connectivity index is 2.21. The predicted molar refractivity (Wildman–Crippen MR) is 112 cm³/mol. The molecule has 3 N–H and O–H groups in total. The zero-order valence-electron chi connectivity index (χ0n) is 14.6. The van der Waals surface area contributed by atoms with Crippen LogP contribution in [0, 0.1) is 0 Å². The quantitative estimate of drug-likeness (QED) is 0.387. The van der Waals surface area contributed by atoms with Crippen LogP contribution in [-0.4, -0.2) is 24.9 Å². The zero-order chi connectivity index (χ0) is 17.8. The van der Waals surface area contributed by atoms with E-state index in [2.05, 4.69) is 57.5 Å². The van der Waals surface area contributed by atoms with Gasteiger partial charge in [-0.2, -0.15) is 0 Å². The van der Waals surface area contributed by atoms with Gasteiger partial charge >= 0.3 is 0 Å². The number of nitrogens with one attached hydrogen (secondary N) is 1. The summed E-state index contributed by atoms with van der Waals surface area (Å²) in [6.45, 7) is 0.729. The number of ether oxygens (including phenoxy) is 1. The minimum atomic E-state index is 0.729. The Kier molecular flexibility index (Phi) is 6.10. The molecule has 132 valence electrons. The van der Waals surface area contributed by atoms with Crippen LogP contribution in [0.25, 0.3) is 22.2 Å². The number of benzene rings is 2. The molecule has 1 heterocycles. The molecule has 0 unspecified atom stereocenters. The van der Waals surface area contributed by atoms with Crippen molar-refractivity contribution < 1.29 is 4.74 Å². The van der Waals surface area contributed by atoms with Gasteiger partial charge in [-0.15, -0.1) is 11.8 Å². The molecular formula is C20H23BrN2OS. The molecule has 0 aliphatic heterocycles. The molecule has 0 bridgehead atoms. The molecule has 0 fully saturated rings. The van der Waals surface area contributed by atoms with Crippen molar-refractivity contribution in [1.29, 1.82) is 0 Å². The lowest BCUT2D eigenvalue weighted by atomic mass is 10.00. The van der Waals surface area contributed by atoms with Crippen LogP contribution in [0.5, 0.6) is 5.75 Å². The highest BCUT2D eigenvalue weighted by Crippen LogP contribution is 2.40. The van der Waals surface area contributed by atoms with Crippen LogP contribution in [0.4, 0.5) is 0 Å². The molecule has 5 heteroatoms. The first-order valence-corrected chi connectivity index (χ1v) is 10.4. The van der Waals surface area contributed by atoms with E-state index in [0.29, 0.717) is 0 Å². The number of rotatable bonds is 7. The lowest BCUT2D eigenvalue weighted by Crippen LogP contribution is -1.99. The Morgan fingerprint density at radius 3 is 2.76 bits per heavy atom. The van der Waals surface area contributed by atoms with Gasteiger partial charge in [0.05, 0.1) is 18.3 Å². The number of fused-ring (bicyclic) bond motifs is 1. The molecule has 0 atom stereocenters. The molecule has 1 aromatic heterocycles. The zero-order valence-corrected chi connectivity index (χ0v) is 17.0. The van der Waals surface area contributed by atoms with Crippen LogP contribution in [0.1, 0.15) is 18.4 Å². The first-order chi connectivity index (χ1) is 12.2. The van der Waals surface area contributed by atoms with Crippen LogP contribution in [-0.2, 0) is 6.42 Å². The van der Waals surface area contributed by atoms with E-state index in [9.17, 15) is 0 Å². The van der Waals surface area contributed by atoms with Crippen LogP contribution in [0.15, 0.2) is 45.8 Å². The number of hydrogen-bond acceptors (Lipinski definition) is 3. The topological polar surface area (TPSA) is 51.0 Å². The largest absolute Gasteiger partial charge is 0.496 e. The van der Waals surface area contributed by atoms with E-state index < -0.39 is 0 Å². The van der Waals surface area contributed by atoms with E-state index in [-0.39, 0.29) is 0 Å². The average molecular weight is 419 g/mol. The number of aromatic nitrogens is 1. The lowest BCUT2D eigenvalue weighted by molar-refractivity contribution is 0.416. The second kappa shape index (κ2) is 8.30. The van der Waals surface area contributed by atoms with E-state index in [1.54, 1.807) is 18.9 Å². The monoisotopic (exact) mass is 418 g/mol. The molecule has 0 amide bonds. The van der Waals surface area contributed by atoms with E-state index >= 15 is 0 Å². The summed E-state index contributed by atoms with van der Waals surface area (Å²) in [6, 6.07) is 12.7. The molecule has 25 heavy (non-hydrogen) atoms. The average Bonchev–Trinajstić information content (AvgIpc) is 3.01. The molecule has 0 aliphatic carbocycles. The van der Waals surface area contributed by atoms with Crippen LogP contribution in [0.3, 0.4) is 0 Å². The Bertz CT molecular complexity index is 876. The second-order valence-electron chi connectivity index (χ2n) is 5.95. The number of halogens is 1. The van der Waals surface area contributed by atoms with Gasteiger partial charge in [-0.05, 0) is 77.8 Å². The van der Waals surface area contributed by atoms with Crippen molar-refractivity contribution in [3.8, 4) is 17.0 Å². The maximum atomic E-state index is 5.70. The first kappa shape index (κ1) is 18.4. The minimum Gasteiger partial charge on any atom is -0.496 e. The van der Waals surface area contributed by atoms with E-state index in [1.807, 2.05) is 6.07 Å². The predicted octanol–water partition coefficient (Wildman–Crippen LogP) is 5.61. The molecule has 0 saturated heterocycles. The number of nitrogens with two attached hydrogens (primary N) is 1. The molecule has 3 aromatic rings. The third-order valence-corrected chi connectivity index (χ3v) is 5.83. The summed E-state index contributed by atoms with van der Waals surface area (Å²) in [5.74, 6) is 0.889. The number of para-hydroxylation sites is 1. The SMILES string of the molecule is COc1ccc(SC)cc1-c1[nH]c2c(Br)cccc2c1CCCCN. The highest BCUT2D eigenvalue weighted by Gasteiger charge is 2.18. The number of H-pyrrole nitrogens is 1. The van der Waals surface area contributed by atoms with Gasteiger partial charge in [0.25, 0.3) is 0 Å². The Morgan fingerprint density at radius 2 is 2.04 bits per heavy atom. The third-order valence-electron chi connectivity index (χ3n) is 4.45. The smallest absolute Gasteiger partial charge is 0.128 e. The first-order valence-electron chi connectivity index (χ1n) is 8.41. The van der Waals surface area contributed by atoms with Crippen molar-refractivity contribution in [2.75, 3.05) is 19.9 Å². The van der Waals surface area contributed by atoms with Crippen molar-refractivity contribution in [1.82, 2.24) is 4.98 Å². The van der Waals surface area contributed by atoms with E-state index in [1.165, 1.54) is 15.8 Å². The number of thioether (sulfide) groups is 1. The standard InChI is InChI=1S/C20H23BrN2OS/c1-24-18-10-9-13(25-2)12-16(18)19-14(6-3-4-11-22)15-7-5-8-17(21)20(15)23-19/h5,7-10,12,23H,3-4,6,11,22H2,1-2H3. The van der Waals surface area contributed by atoms with Crippen molar-refractivity contribution >= 4 is 38.6 Å². The van der Waals surface area contributed by atoms with Crippen LogP contribution >= 0.6 is 27.7 Å². The number of unbranched alkanes of at least 4 members (excludes halogenated alkanes) is 1. The molecule has 0 aliphatic rings. The van der Waals surface area contributed by atoms with Gasteiger partial charge in [-0.3, -0.25) is 0 Å². The molecule has 2 aromatic carbocycles. The van der Waals surface area contributed by atoms with Crippen molar-refractivity contribution in [2.45, 2.75) is 24.2 Å². The normalized spacial score (nSPS) is 11.2. The molecule has 3 nitrogen and oxygen atoms in total. The maximum Gasteiger partial charge on any atom is 0.128 e. The van der Waals surface area contributed by atoms with Gasteiger partial charge in [0.2, 0.25) is 0 Å². The Morgan fingerprint density at radius 1 is 1.20 bits per heavy atom.